The van der Waals surface area contributed by atoms with Crippen LogP contribution in [0.4, 0.5) is 5.69 Å². The first kappa shape index (κ1) is 15.7. The fourth-order valence-electron chi connectivity index (χ4n) is 1.83. The quantitative estimate of drug-likeness (QED) is 0.258. The van der Waals surface area contributed by atoms with Gasteiger partial charge in [-0.25, -0.2) is 4.58 Å². The Morgan fingerprint density at radius 3 is 2.80 bits per heavy atom. The summed E-state index contributed by atoms with van der Waals surface area (Å²) in [5, 5.41) is 11.0. The molecule has 108 valence electrons. The van der Waals surface area contributed by atoms with E-state index in [-0.39, 0.29) is 24.4 Å². The van der Waals surface area contributed by atoms with Gasteiger partial charge in [0.15, 0.2) is 0 Å². The number of nitrogens with zero attached hydrogens (tertiary/aromatic N) is 3. The SMILES string of the molecule is CCOC(=O)CC(C=[N+](C)C)c1ncccc1[N+](=O)[O-]. The van der Waals surface area contributed by atoms with E-state index in [1.54, 1.807) is 31.8 Å². The van der Waals surface area contributed by atoms with Crippen LogP contribution >= 0.6 is 0 Å². The van der Waals surface area contributed by atoms with Crippen LogP contribution in [0.15, 0.2) is 18.3 Å². The van der Waals surface area contributed by atoms with Gasteiger partial charge in [0.2, 0.25) is 0 Å². The van der Waals surface area contributed by atoms with Crippen molar-refractivity contribution in [1.29, 1.82) is 0 Å². The van der Waals surface area contributed by atoms with Gasteiger partial charge >= 0.3 is 5.97 Å². The molecule has 0 spiro atoms. The van der Waals surface area contributed by atoms with Crippen LogP contribution in [0.1, 0.15) is 25.0 Å². The summed E-state index contributed by atoms with van der Waals surface area (Å²) in [7, 11) is 3.57. The van der Waals surface area contributed by atoms with Gasteiger partial charge in [-0.15, -0.1) is 0 Å². The smallest absolute Gasteiger partial charge is 0.307 e. The molecule has 0 saturated carbocycles. The van der Waals surface area contributed by atoms with Crippen LogP contribution in [-0.4, -0.2) is 47.4 Å². The van der Waals surface area contributed by atoms with E-state index in [0.717, 1.165) is 0 Å². The first-order valence-corrected chi connectivity index (χ1v) is 6.22. The number of carbonyl (C=O) groups excluding carboxylic acids is 1. The lowest BCUT2D eigenvalue weighted by molar-refractivity contribution is -0.461. The molecule has 0 aliphatic heterocycles. The van der Waals surface area contributed by atoms with Crippen molar-refractivity contribution in [2.75, 3.05) is 20.7 Å². The van der Waals surface area contributed by atoms with E-state index in [4.69, 9.17) is 4.74 Å². The Balaban J connectivity index is 3.14. The van der Waals surface area contributed by atoms with E-state index < -0.39 is 16.8 Å². The van der Waals surface area contributed by atoms with Crippen LogP contribution in [0, 0.1) is 10.1 Å². The van der Waals surface area contributed by atoms with Gasteiger partial charge in [0.05, 0.1) is 23.9 Å². The fraction of sp³-hybridized carbons (Fsp3) is 0.462. The average molecular weight is 280 g/mol. The molecule has 20 heavy (non-hydrogen) atoms. The molecular formula is C13H18N3O4+. The molecule has 1 rings (SSSR count). The summed E-state index contributed by atoms with van der Waals surface area (Å²) in [5.41, 5.74) is 0.166. The van der Waals surface area contributed by atoms with Crippen molar-refractivity contribution in [2.24, 2.45) is 0 Å². The first-order valence-electron chi connectivity index (χ1n) is 6.22. The second-order valence-electron chi connectivity index (χ2n) is 4.39. The van der Waals surface area contributed by atoms with Gasteiger partial charge in [0, 0.05) is 12.3 Å². The fourth-order valence-corrected chi connectivity index (χ4v) is 1.83. The normalized spacial score (nSPS) is 11.6. The number of aromatic nitrogens is 1. The highest BCUT2D eigenvalue weighted by molar-refractivity contribution is 5.77. The molecule has 1 heterocycles. The van der Waals surface area contributed by atoms with Gasteiger partial charge in [-0.3, -0.25) is 19.9 Å². The lowest BCUT2D eigenvalue weighted by atomic mass is 10.0. The summed E-state index contributed by atoms with van der Waals surface area (Å²) < 4.78 is 6.64. The molecule has 0 amide bonds. The Morgan fingerprint density at radius 1 is 1.55 bits per heavy atom. The molecule has 0 aromatic carbocycles. The van der Waals surface area contributed by atoms with Crippen LogP contribution in [0.3, 0.4) is 0 Å². The number of carbonyl (C=O) groups is 1. The minimum atomic E-state index is -0.496. The molecule has 7 heteroatoms. The highest BCUT2D eigenvalue weighted by atomic mass is 16.6. The Labute approximate surface area is 117 Å². The van der Waals surface area contributed by atoms with Crippen molar-refractivity contribution in [3.05, 3.63) is 34.1 Å². The average Bonchev–Trinajstić information content (AvgIpc) is 2.37. The minimum absolute atomic E-state index is 0.0177. The topological polar surface area (TPSA) is 85.3 Å². The highest BCUT2D eigenvalue weighted by Gasteiger charge is 2.27. The van der Waals surface area contributed by atoms with E-state index >= 15 is 0 Å². The number of ether oxygens (including phenoxy) is 1. The summed E-state index contributed by atoms with van der Waals surface area (Å²) in [6.45, 7) is 1.99. The molecule has 0 fully saturated rings. The summed E-state index contributed by atoms with van der Waals surface area (Å²) in [4.78, 5) is 26.2. The summed E-state index contributed by atoms with van der Waals surface area (Å²) in [5.74, 6) is -0.902. The van der Waals surface area contributed by atoms with Gasteiger partial charge in [0.25, 0.3) is 5.69 Å². The van der Waals surface area contributed by atoms with Gasteiger partial charge in [0.1, 0.15) is 26.0 Å². The summed E-state index contributed by atoms with van der Waals surface area (Å²) in [6, 6.07) is 2.88. The first-order chi connectivity index (χ1) is 9.45. The zero-order valence-electron chi connectivity index (χ0n) is 11.8. The molecule has 0 radical (unpaired) electrons. The molecule has 0 aliphatic carbocycles. The van der Waals surface area contributed by atoms with Crippen molar-refractivity contribution in [3.8, 4) is 0 Å². The Kier molecular flexibility index (Phi) is 5.76. The highest BCUT2D eigenvalue weighted by Crippen LogP contribution is 2.25. The molecule has 1 atom stereocenters. The van der Waals surface area contributed by atoms with E-state index in [2.05, 4.69) is 4.98 Å². The number of nitro groups is 1. The predicted octanol–water partition coefficient (Wildman–Crippen LogP) is 1.37. The van der Waals surface area contributed by atoms with Crippen molar-refractivity contribution in [3.63, 3.8) is 0 Å². The molecule has 1 aromatic rings. The predicted molar refractivity (Wildman–Crippen MR) is 73.1 cm³/mol. The lowest BCUT2D eigenvalue weighted by Gasteiger charge is -2.09. The largest absolute Gasteiger partial charge is 0.466 e. The van der Waals surface area contributed by atoms with Crippen LogP contribution in [0.25, 0.3) is 0 Å². The maximum Gasteiger partial charge on any atom is 0.307 e. The number of pyridine rings is 1. The minimum Gasteiger partial charge on any atom is -0.466 e. The zero-order valence-corrected chi connectivity index (χ0v) is 11.8. The molecule has 0 N–H and O–H groups in total. The Bertz CT molecular complexity index is 524. The van der Waals surface area contributed by atoms with Gasteiger partial charge in [-0.2, -0.15) is 0 Å². The third-order valence-corrected chi connectivity index (χ3v) is 2.53. The van der Waals surface area contributed by atoms with Gasteiger partial charge in [-0.05, 0) is 13.0 Å². The zero-order chi connectivity index (χ0) is 15.1. The number of hydrogen-bond acceptors (Lipinski definition) is 5. The van der Waals surface area contributed by atoms with Gasteiger partial charge in [-0.1, -0.05) is 0 Å². The third kappa shape index (κ3) is 4.42. The monoisotopic (exact) mass is 280 g/mol. The van der Waals surface area contributed by atoms with E-state index in [9.17, 15) is 14.9 Å². The maximum absolute atomic E-state index is 11.6. The molecule has 0 bridgehead atoms. The number of hydrogen-bond donors (Lipinski definition) is 0. The van der Waals surface area contributed by atoms with E-state index in [0.29, 0.717) is 0 Å². The van der Waals surface area contributed by atoms with Crippen molar-refractivity contribution in [1.82, 2.24) is 4.98 Å². The summed E-state index contributed by atoms with van der Waals surface area (Å²) >= 11 is 0. The van der Waals surface area contributed by atoms with Crippen molar-refractivity contribution < 1.29 is 19.0 Å². The van der Waals surface area contributed by atoms with Crippen LogP contribution in [-0.2, 0) is 9.53 Å². The molecular weight excluding hydrogens is 262 g/mol. The van der Waals surface area contributed by atoms with Crippen molar-refractivity contribution in [2.45, 2.75) is 19.3 Å². The van der Waals surface area contributed by atoms with E-state index in [1.165, 1.54) is 18.3 Å². The lowest BCUT2D eigenvalue weighted by Crippen LogP contribution is -2.17. The van der Waals surface area contributed by atoms with Gasteiger partial charge < -0.3 is 4.74 Å². The van der Waals surface area contributed by atoms with E-state index in [1.807, 2.05) is 0 Å². The molecule has 1 unspecified atom stereocenters. The Hall–Kier alpha value is -2.31. The molecule has 7 nitrogen and oxygen atoms in total. The number of esters is 1. The molecule has 0 aliphatic rings. The number of rotatable bonds is 6. The maximum atomic E-state index is 11.6. The molecule has 0 saturated heterocycles. The van der Waals surface area contributed by atoms with Crippen LogP contribution in [0.2, 0.25) is 0 Å². The third-order valence-electron chi connectivity index (χ3n) is 2.53. The standard InChI is InChI=1S/C13H18N3O4/c1-4-20-12(17)8-10(9-15(2)3)13-11(16(18)19)6-5-7-14-13/h5-7,9-10H,4,8H2,1-3H3/q+1. The second kappa shape index (κ2) is 7.32. The van der Waals surface area contributed by atoms with Crippen molar-refractivity contribution >= 4 is 17.9 Å². The van der Waals surface area contributed by atoms with Crippen LogP contribution in [0.5, 0.6) is 0 Å². The van der Waals surface area contributed by atoms with Crippen LogP contribution < -0.4 is 0 Å². The molecule has 1 aromatic heterocycles. The summed E-state index contributed by atoms with van der Waals surface area (Å²) in [6.07, 6.45) is 3.21. The second-order valence-corrected chi connectivity index (χ2v) is 4.39. The Morgan fingerprint density at radius 2 is 2.25 bits per heavy atom.